The zero-order valence-corrected chi connectivity index (χ0v) is 11.7. The molecule has 1 aromatic heterocycles. The molecular formula is C12H20N4O2S. The Hall–Kier alpha value is -1.05. The topological polar surface area (TPSA) is 90.1 Å². The van der Waals surface area contributed by atoms with Crippen molar-refractivity contribution < 1.29 is 9.53 Å². The van der Waals surface area contributed by atoms with Crippen molar-refractivity contribution in [1.29, 1.82) is 0 Å². The fraction of sp³-hybridized carbons (Fsp3) is 0.750. The lowest BCUT2D eigenvalue weighted by atomic mass is 9.94. The summed E-state index contributed by atoms with van der Waals surface area (Å²) < 4.78 is 9.42. The highest BCUT2D eigenvalue weighted by atomic mass is 32.1. The standard InChI is InChI=1S/C12H20N4O2S/c13-9-2-4-10(5-3-9)18-7-1-6-14-12(17)11-8-19-16-15-11/h8-10H,1-7,13H2,(H,14,17). The minimum absolute atomic E-state index is 0.169. The molecule has 7 heteroatoms. The molecule has 0 aliphatic heterocycles. The maximum atomic E-state index is 11.5. The van der Waals surface area contributed by atoms with Crippen LogP contribution >= 0.6 is 11.5 Å². The molecule has 0 spiro atoms. The predicted octanol–water partition coefficient (Wildman–Crippen LogP) is 0.944. The molecule has 1 aromatic rings. The van der Waals surface area contributed by atoms with Gasteiger partial charge in [0.2, 0.25) is 0 Å². The van der Waals surface area contributed by atoms with Gasteiger partial charge in [-0.15, -0.1) is 5.10 Å². The van der Waals surface area contributed by atoms with Crippen LogP contribution in [0, 0.1) is 0 Å². The number of nitrogens with two attached hydrogens (primary N) is 1. The van der Waals surface area contributed by atoms with Gasteiger partial charge in [-0.3, -0.25) is 4.79 Å². The Bertz CT molecular complexity index is 377. The minimum Gasteiger partial charge on any atom is -0.378 e. The SMILES string of the molecule is NC1CCC(OCCCNC(=O)c2csnn2)CC1. The summed E-state index contributed by atoms with van der Waals surface area (Å²) in [5.74, 6) is -0.169. The molecule has 0 bridgehead atoms. The van der Waals surface area contributed by atoms with Crippen LogP contribution in [0.25, 0.3) is 0 Å². The molecule has 6 nitrogen and oxygen atoms in total. The fourth-order valence-electron chi connectivity index (χ4n) is 2.13. The average molecular weight is 284 g/mol. The molecule has 1 fully saturated rings. The van der Waals surface area contributed by atoms with Gasteiger partial charge in [-0.2, -0.15) is 0 Å². The summed E-state index contributed by atoms with van der Waals surface area (Å²) in [5.41, 5.74) is 6.22. The largest absolute Gasteiger partial charge is 0.378 e. The van der Waals surface area contributed by atoms with Gasteiger partial charge in [0.05, 0.1) is 6.10 Å². The van der Waals surface area contributed by atoms with Crippen molar-refractivity contribution in [3.8, 4) is 0 Å². The van der Waals surface area contributed by atoms with Crippen LogP contribution in [0.15, 0.2) is 5.38 Å². The van der Waals surface area contributed by atoms with E-state index in [1.165, 1.54) is 11.5 Å². The Labute approximate surface area is 116 Å². The van der Waals surface area contributed by atoms with E-state index in [1.54, 1.807) is 5.38 Å². The normalized spacial score (nSPS) is 23.2. The maximum absolute atomic E-state index is 11.5. The second kappa shape index (κ2) is 7.52. The van der Waals surface area contributed by atoms with E-state index in [-0.39, 0.29) is 5.91 Å². The van der Waals surface area contributed by atoms with E-state index in [4.69, 9.17) is 10.5 Å². The Balaban J connectivity index is 1.51. The number of amides is 1. The number of carbonyl (C=O) groups is 1. The van der Waals surface area contributed by atoms with Gasteiger partial charge in [-0.05, 0) is 43.6 Å². The molecule has 1 heterocycles. The van der Waals surface area contributed by atoms with Gasteiger partial charge in [0, 0.05) is 24.6 Å². The summed E-state index contributed by atoms with van der Waals surface area (Å²) in [7, 11) is 0. The lowest BCUT2D eigenvalue weighted by Crippen LogP contribution is -2.31. The van der Waals surface area contributed by atoms with E-state index in [9.17, 15) is 4.79 Å². The Morgan fingerprint density at radius 3 is 2.95 bits per heavy atom. The van der Waals surface area contributed by atoms with Gasteiger partial charge >= 0.3 is 0 Å². The van der Waals surface area contributed by atoms with Crippen molar-refractivity contribution >= 4 is 17.4 Å². The number of nitrogens with zero attached hydrogens (tertiary/aromatic N) is 2. The number of rotatable bonds is 6. The Morgan fingerprint density at radius 1 is 1.47 bits per heavy atom. The lowest BCUT2D eigenvalue weighted by Gasteiger charge is -2.26. The van der Waals surface area contributed by atoms with Crippen molar-refractivity contribution in [3.05, 3.63) is 11.1 Å². The highest BCUT2D eigenvalue weighted by molar-refractivity contribution is 7.03. The molecule has 0 atom stereocenters. The van der Waals surface area contributed by atoms with Crippen molar-refractivity contribution in [2.75, 3.05) is 13.2 Å². The van der Waals surface area contributed by atoms with E-state index in [2.05, 4.69) is 14.9 Å². The number of nitrogens with one attached hydrogen (secondary N) is 1. The van der Waals surface area contributed by atoms with Crippen LogP contribution in [-0.4, -0.2) is 40.8 Å². The van der Waals surface area contributed by atoms with Crippen LogP contribution < -0.4 is 11.1 Å². The van der Waals surface area contributed by atoms with E-state index in [0.29, 0.717) is 31.0 Å². The predicted molar refractivity (Wildman–Crippen MR) is 73.0 cm³/mol. The molecule has 106 valence electrons. The average Bonchev–Trinajstić information content (AvgIpc) is 2.94. The van der Waals surface area contributed by atoms with Crippen LogP contribution in [0.2, 0.25) is 0 Å². The summed E-state index contributed by atoms with van der Waals surface area (Å²) in [4.78, 5) is 11.5. The third-order valence-corrected chi connectivity index (χ3v) is 3.78. The highest BCUT2D eigenvalue weighted by Crippen LogP contribution is 2.19. The molecule has 0 saturated heterocycles. The van der Waals surface area contributed by atoms with Crippen molar-refractivity contribution in [3.63, 3.8) is 0 Å². The molecule has 19 heavy (non-hydrogen) atoms. The molecule has 1 aliphatic rings. The molecule has 3 N–H and O–H groups in total. The first-order chi connectivity index (χ1) is 9.25. The van der Waals surface area contributed by atoms with Gasteiger partial charge < -0.3 is 15.8 Å². The third-order valence-electron chi connectivity index (χ3n) is 3.27. The van der Waals surface area contributed by atoms with Gasteiger partial charge in [0.25, 0.3) is 5.91 Å². The van der Waals surface area contributed by atoms with E-state index in [0.717, 1.165) is 32.1 Å². The van der Waals surface area contributed by atoms with Crippen LogP contribution in [0.5, 0.6) is 0 Å². The van der Waals surface area contributed by atoms with Crippen molar-refractivity contribution in [1.82, 2.24) is 14.9 Å². The zero-order chi connectivity index (χ0) is 13.5. The maximum Gasteiger partial charge on any atom is 0.272 e. The summed E-state index contributed by atoms with van der Waals surface area (Å²) in [5, 5.41) is 8.14. The monoisotopic (exact) mass is 284 g/mol. The summed E-state index contributed by atoms with van der Waals surface area (Å²) >= 11 is 1.17. The molecule has 1 aliphatic carbocycles. The second-order valence-electron chi connectivity index (χ2n) is 4.81. The minimum atomic E-state index is -0.169. The van der Waals surface area contributed by atoms with E-state index >= 15 is 0 Å². The van der Waals surface area contributed by atoms with Crippen LogP contribution in [0.4, 0.5) is 0 Å². The first kappa shape index (κ1) is 14.4. The summed E-state index contributed by atoms with van der Waals surface area (Å²) in [6.45, 7) is 1.28. The fourth-order valence-corrected chi connectivity index (χ4v) is 2.57. The van der Waals surface area contributed by atoms with Gasteiger partial charge in [-0.25, -0.2) is 0 Å². The van der Waals surface area contributed by atoms with Crippen LogP contribution in [0.1, 0.15) is 42.6 Å². The number of aromatic nitrogens is 2. The molecule has 2 rings (SSSR count). The number of carbonyl (C=O) groups excluding carboxylic acids is 1. The van der Waals surface area contributed by atoms with Gasteiger partial charge in [-0.1, -0.05) is 4.49 Å². The molecular weight excluding hydrogens is 264 g/mol. The number of hydrogen-bond acceptors (Lipinski definition) is 6. The smallest absolute Gasteiger partial charge is 0.272 e. The van der Waals surface area contributed by atoms with Crippen LogP contribution in [-0.2, 0) is 4.74 Å². The molecule has 0 unspecified atom stereocenters. The first-order valence-corrected chi connectivity index (χ1v) is 7.52. The number of ether oxygens (including phenoxy) is 1. The molecule has 0 radical (unpaired) electrons. The molecule has 1 amide bonds. The molecule has 0 aromatic carbocycles. The van der Waals surface area contributed by atoms with Crippen molar-refractivity contribution in [2.24, 2.45) is 5.73 Å². The highest BCUT2D eigenvalue weighted by Gasteiger charge is 2.18. The summed E-state index contributed by atoms with van der Waals surface area (Å²) in [6, 6.07) is 0.353. The van der Waals surface area contributed by atoms with E-state index in [1.807, 2.05) is 0 Å². The van der Waals surface area contributed by atoms with Gasteiger partial charge in [0.1, 0.15) is 0 Å². The quantitative estimate of drug-likeness (QED) is 0.759. The second-order valence-corrected chi connectivity index (χ2v) is 5.42. The third kappa shape index (κ3) is 4.85. The molecule has 1 saturated carbocycles. The van der Waals surface area contributed by atoms with Crippen molar-refractivity contribution in [2.45, 2.75) is 44.2 Å². The summed E-state index contributed by atoms with van der Waals surface area (Å²) in [6.07, 6.45) is 5.37. The van der Waals surface area contributed by atoms with E-state index < -0.39 is 0 Å². The Morgan fingerprint density at radius 2 is 2.26 bits per heavy atom. The van der Waals surface area contributed by atoms with Gasteiger partial charge in [0.15, 0.2) is 5.69 Å². The first-order valence-electron chi connectivity index (χ1n) is 6.68. The van der Waals surface area contributed by atoms with Crippen LogP contribution in [0.3, 0.4) is 0 Å². The Kier molecular flexibility index (Phi) is 5.68. The zero-order valence-electron chi connectivity index (χ0n) is 10.9. The lowest BCUT2D eigenvalue weighted by molar-refractivity contribution is 0.0241. The number of hydrogen-bond donors (Lipinski definition) is 2.